The minimum atomic E-state index is -0.423. The smallest absolute Gasteiger partial charge is 0.337 e. The van der Waals surface area contributed by atoms with Crippen LogP contribution in [0.15, 0.2) is 54.6 Å². The average Bonchev–Trinajstić information content (AvgIpc) is 3.32. The van der Waals surface area contributed by atoms with Gasteiger partial charge < -0.3 is 19.7 Å². The van der Waals surface area contributed by atoms with Crippen LogP contribution in [0.3, 0.4) is 0 Å². The number of rotatable bonds is 6. The van der Waals surface area contributed by atoms with Gasteiger partial charge in [0.1, 0.15) is 17.1 Å². The highest BCUT2D eigenvalue weighted by molar-refractivity contribution is 5.94. The number of amides is 1. The summed E-state index contributed by atoms with van der Waals surface area (Å²) < 4.78 is 10.4. The van der Waals surface area contributed by atoms with Gasteiger partial charge in [0, 0.05) is 24.2 Å². The van der Waals surface area contributed by atoms with Crippen LogP contribution in [0.25, 0.3) is 10.9 Å². The Kier molecular flexibility index (Phi) is 5.79. The quantitative estimate of drug-likeness (QED) is 0.631. The van der Waals surface area contributed by atoms with Crippen molar-refractivity contribution in [2.24, 2.45) is 0 Å². The summed E-state index contributed by atoms with van der Waals surface area (Å²) in [4.78, 5) is 30.8. The Bertz CT molecular complexity index is 1060. The van der Waals surface area contributed by atoms with Gasteiger partial charge in [0.05, 0.1) is 12.7 Å². The van der Waals surface area contributed by atoms with E-state index in [2.05, 4.69) is 15.0 Å². The third kappa shape index (κ3) is 4.35. The Balaban J connectivity index is 1.43. The van der Waals surface area contributed by atoms with Crippen LogP contribution < -0.4 is 15.0 Å². The standard InChI is InChI=1S/C23H23N3O4/c1-29-23(28)17-7-10-18(11-8-17)24-21(27)15-30-19-6-4-5-16-9-12-20(25-22(16)19)26-13-2-3-14-26/h4-12H,2-3,13-15H2,1H3,(H,24,27). The van der Waals surface area contributed by atoms with Crippen molar-refractivity contribution in [1.29, 1.82) is 0 Å². The lowest BCUT2D eigenvalue weighted by Crippen LogP contribution is -2.20. The molecule has 0 bridgehead atoms. The molecule has 0 radical (unpaired) electrons. The molecule has 0 atom stereocenters. The molecule has 0 aliphatic carbocycles. The van der Waals surface area contributed by atoms with Gasteiger partial charge in [-0.2, -0.15) is 0 Å². The van der Waals surface area contributed by atoms with Crippen molar-refractivity contribution in [3.8, 4) is 5.75 Å². The van der Waals surface area contributed by atoms with Gasteiger partial charge in [0.25, 0.3) is 5.91 Å². The van der Waals surface area contributed by atoms with Crippen LogP contribution in [0.5, 0.6) is 5.75 Å². The van der Waals surface area contributed by atoms with Crippen molar-refractivity contribution < 1.29 is 19.1 Å². The lowest BCUT2D eigenvalue weighted by atomic mass is 10.2. The minimum Gasteiger partial charge on any atom is -0.481 e. The summed E-state index contributed by atoms with van der Waals surface area (Å²) in [5.41, 5.74) is 1.74. The summed E-state index contributed by atoms with van der Waals surface area (Å²) >= 11 is 0. The first-order valence-electron chi connectivity index (χ1n) is 9.90. The number of pyridine rings is 1. The Labute approximate surface area is 174 Å². The number of fused-ring (bicyclic) bond motifs is 1. The molecule has 7 heteroatoms. The van der Waals surface area contributed by atoms with E-state index in [9.17, 15) is 9.59 Å². The summed E-state index contributed by atoms with van der Waals surface area (Å²) in [6.45, 7) is 1.88. The van der Waals surface area contributed by atoms with Crippen LogP contribution in [0.4, 0.5) is 11.5 Å². The van der Waals surface area contributed by atoms with Crippen LogP contribution in [0, 0.1) is 0 Å². The molecule has 1 amide bonds. The van der Waals surface area contributed by atoms with Gasteiger partial charge in [-0.25, -0.2) is 9.78 Å². The number of hydrogen-bond donors (Lipinski definition) is 1. The molecule has 1 aliphatic heterocycles. The van der Waals surface area contributed by atoms with Crippen LogP contribution >= 0.6 is 0 Å². The largest absolute Gasteiger partial charge is 0.481 e. The van der Waals surface area contributed by atoms with E-state index in [1.165, 1.54) is 20.0 Å². The van der Waals surface area contributed by atoms with E-state index in [0.29, 0.717) is 17.0 Å². The predicted octanol–water partition coefficient (Wildman–Crippen LogP) is 3.64. The Hall–Kier alpha value is -3.61. The lowest BCUT2D eigenvalue weighted by Gasteiger charge is -2.17. The molecule has 0 unspecified atom stereocenters. The highest BCUT2D eigenvalue weighted by Gasteiger charge is 2.15. The van der Waals surface area contributed by atoms with E-state index in [1.54, 1.807) is 24.3 Å². The number of aromatic nitrogens is 1. The number of hydrogen-bond acceptors (Lipinski definition) is 6. The van der Waals surface area contributed by atoms with Gasteiger partial charge in [-0.3, -0.25) is 4.79 Å². The number of nitrogens with one attached hydrogen (secondary N) is 1. The summed E-state index contributed by atoms with van der Waals surface area (Å²) in [5, 5.41) is 3.72. The molecule has 154 valence electrons. The summed E-state index contributed by atoms with van der Waals surface area (Å²) in [6, 6.07) is 16.2. The second kappa shape index (κ2) is 8.82. The van der Waals surface area contributed by atoms with Crippen molar-refractivity contribution in [2.45, 2.75) is 12.8 Å². The Morgan fingerprint density at radius 2 is 1.80 bits per heavy atom. The number of methoxy groups -OCH3 is 1. The van der Waals surface area contributed by atoms with Gasteiger partial charge in [-0.15, -0.1) is 0 Å². The number of ether oxygens (including phenoxy) is 2. The van der Waals surface area contributed by atoms with Crippen molar-refractivity contribution in [3.05, 3.63) is 60.2 Å². The molecule has 0 saturated carbocycles. The molecular weight excluding hydrogens is 382 g/mol. The van der Waals surface area contributed by atoms with E-state index >= 15 is 0 Å². The first-order valence-corrected chi connectivity index (χ1v) is 9.90. The SMILES string of the molecule is COC(=O)c1ccc(NC(=O)COc2cccc3ccc(N4CCCC4)nc23)cc1. The Morgan fingerprint density at radius 3 is 2.53 bits per heavy atom. The molecule has 4 rings (SSSR count). The second-order valence-electron chi connectivity index (χ2n) is 7.10. The highest BCUT2D eigenvalue weighted by atomic mass is 16.5. The fourth-order valence-corrected chi connectivity index (χ4v) is 3.50. The van der Waals surface area contributed by atoms with Gasteiger partial charge >= 0.3 is 5.97 Å². The van der Waals surface area contributed by atoms with Gasteiger partial charge in [-0.05, 0) is 55.3 Å². The molecule has 1 aromatic heterocycles. The van der Waals surface area contributed by atoms with E-state index in [-0.39, 0.29) is 12.5 Å². The van der Waals surface area contributed by atoms with Crippen molar-refractivity contribution >= 4 is 34.3 Å². The fraction of sp³-hybridized carbons (Fsp3) is 0.261. The summed E-state index contributed by atoms with van der Waals surface area (Å²) in [6.07, 6.45) is 2.36. The van der Waals surface area contributed by atoms with Crippen LogP contribution in [0.2, 0.25) is 0 Å². The fourth-order valence-electron chi connectivity index (χ4n) is 3.50. The maximum Gasteiger partial charge on any atom is 0.337 e. The number of benzene rings is 2. The van der Waals surface area contributed by atoms with Crippen LogP contribution in [-0.2, 0) is 9.53 Å². The maximum absolute atomic E-state index is 12.3. The third-order valence-electron chi connectivity index (χ3n) is 5.05. The van der Waals surface area contributed by atoms with E-state index in [1.807, 2.05) is 30.3 Å². The number of carbonyl (C=O) groups excluding carboxylic acids is 2. The number of esters is 1. The monoisotopic (exact) mass is 405 g/mol. The summed E-state index contributed by atoms with van der Waals surface area (Å²) in [7, 11) is 1.32. The van der Waals surface area contributed by atoms with Gasteiger partial charge in [0.2, 0.25) is 0 Å². The first-order chi connectivity index (χ1) is 14.6. The third-order valence-corrected chi connectivity index (χ3v) is 5.05. The molecule has 1 aliphatic rings. The molecule has 30 heavy (non-hydrogen) atoms. The maximum atomic E-state index is 12.3. The zero-order chi connectivity index (χ0) is 20.9. The van der Waals surface area contributed by atoms with Gasteiger partial charge in [-0.1, -0.05) is 12.1 Å². The second-order valence-corrected chi connectivity index (χ2v) is 7.10. The Morgan fingerprint density at radius 1 is 1.03 bits per heavy atom. The summed E-state index contributed by atoms with van der Waals surface area (Å²) in [5.74, 6) is 0.789. The molecule has 2 aromatic carbocycles. The molecule has 1 N–H and O–H groups in total. The molecule has 0 spiro atoms. The minimum absolute atomic E-state index is 0.145. The van der Waals surface area contributed by atoms with Gasteiger partial charge in [0.15, 0.2) is 6.61 Å². The van der Waals surface area contributed by atoms with Crippen molar-refractivity contribution in [1.82, 2.24) is 4.98 Å². The lowest BCUT2D eigenvalue weighted by molar-refractivity contribution is -0.118. The van der Waals surface area contributed by atoms with E-state index < -0.39 is 5.97 Å². The van der Waals surface area contributed by atoms with Crippen molar-refractivity contribution in [2.75, 3.05) is 37.0 Å². The molecule has 3 aromatic rings. The van der Waals surface area contributed by atoms with Crippen molar-refractivity contribution in [3.63, 3.8) is 0 Å². The number of carbonyl (C=O) groups is 2. The molecule has 1 fully saturated rings. The van der Waals surface area contributed by atoms with Crippen LogP contribution in [0.1, 0.15) is 23.2 Å². The molecule has 1 saturated heterocycles. The number of anilines is 2. The van der Waals surface area contributed by atoms with E-state index in [4.69, 9.17) is 9.72 Å². The predicted molar refractivity (Wildman–Crippen MR) is 115 cm³/mol. The highest BCUT2D eigenvalue weighted by Crippen LogP contribution is 2.27. The zero-order valence-corrected chi connectivity index (χ0v) is 16.8. The van der Waals surface area contributed by atoms with Crippen LogP contribution in [-0.4, -0.2) is 43.7 Å². The molecule has 7 nitrogen and oxygen atoms in total. The topological polar surface area (TPSA) is 80.8 Å². The number of para-hydroxylation sites is 1. The number of nitrogens with zero attached hydrogens (tertiary/aromatic N) is 2. The molecular formula is C23H23N3O4. The molecule has 2 heterocycles. The van der Waals surface area contributed by atoms with E-state index in [0.717, 1.165) is 29.8 Å². The first kappa shape index (κ1) is 19.7. The zero-order valence-electron chi connectivity index (χ0n) is 16.8. The normalized spacial score (nSPS) is 13.3. The average molecular weight is 405 g/mol.